The summed E-state index contributed by atoms with van der Waals surface area (Å²) in [5.41, 5.74) is 1.86. The third kappa shape index (κ3) is 4.85. The predicted octanol–water partition coefficient (Wildman–Crippen LogP) is 6.84. The Bertz CT molecular complexity index is 723. The first-order chi connectivity index (χ1) is 14.5. The van der Waals surface area contributed by atoms with Crippen LogP contribution in [0.4, 0.5) is 8.78 Å². The Balaban J connectivity index is 1.77. The molecule has 3 aliphatic rings. The molecule has 0 aromatic rings. The van der Waals surface area contributed by atoms with Gasteiger partial charge in [0.25, 0.3) is 5.92 Å². The van der Waals surface area contributed by atoms with E-state index in [4.69, 9.17) is 0 Å². The Morgan fingerprint density at radius 1 is 1.10 bits per heavy atom. The standard InChI is InChI=1S/C27H42F2O2/c1-17(2)24(30)14-8-18(3)21-12-13-23-20(7-6-16-26(21,23)5)10-11-22-19(4)9-15-25(31)27(22,28)29/h10-11,17-18,21,23-25,30-31H,4,6-9,12-16H2,1-3,5H3/b20-10?,22-11+/t18-,21-,23?,24?,25+,26-/m1/s1. The molecule has 0 saturated heterocycles. The van der Waals surface area contributed by atoms with Crippen molar-refractivity contribution < 1.29 is 19.0 Å². The molecule has 4 heteroatoms. The van der Waals surface area contributed by atoms with Gasteiger partial charge in [-0.1, -0.05) is 52.0 Å². The molecule has 0 radical (unpaired) electrons. The summed E-state index contributed by atoms with van der Waals surface area (Å²) >= 11 is 0. The van der Waals surface area contributed by atoms with Crippen LogP contribution in [-0.2, 0) is 0 Å². The number of hydrogen-bond acceptors (Lipinski definition) is 2. The normalized spacial score (nSPS) is 38.0. The van der Waals surface area contributed by atoms with Crippen LogP contribution >= 0.6 is 0 Å². The molecule has 2 N–H and O–H groups in total. The molecule has 2 unspecified atom stereocenters. The summed E-state index contributed by atoms with van der Waals surface area (Å²) in [6.45, 7) is 12.7. The molecule has 3 saturated carbocycles. The van der Waals surface area contributed by atoms with Gasteiger partial charge in [-0.25, -0.2) is 0 Å². The lowest BCUT2D eigenvalue weighted by Gasteiger charge is -2.44. The van der Waals surface area contributed by atoms with Gasteiger partial charge in [0.15, 0.2) is 0 Å². The Labute approximate surface area is 187 Å². The van der Waals surface area contributed by atoms with E-state index in [2.05, 4.69) is 34.3 Å². The first-order valence-corrected chi connectivity index (χ1v) is 12.3. The Morgan fingerprint density at radius 2 is 1.81 bits per heavy atom. The van der Waals surface area contributed by atoms with E-state index in [9.17, 15) is 19.0 Å². The quantitative estimate of drug-likeness (QED) is 0.479. The lowest BCUT2D eigenvalue weighted by Crippen LogP contribution is -2.39. The van der Waals surface area contributed by atoms with E-state index in [0.29, 0.717) is 35.7 Å². The second-order valence-corrected chi connectivity index (χ2v) is 11.1. The highest BCUT2D eigenvalue weighted by Gasteiger charge is 2.51. The van der Waals surface area contributed by atoms with Crippen molar-refractivity contribution in [2.45, 2.75) is 104 Å². The summed E-state index contributed by atoms with van der Waals surface area (Å²) in [4.78, 5) is 0. The van der Waals surface area contributed by atoms with Crippen LogP contribution in [0.25, 0.3) is 0 Å². The van der Waals surface area contributed by atoms with Gasteiger partial charge in [-0.3, -0.25) is 0 Å². The fourth-order valence-corrected chi connectivity index (χ4v) is 6.64. The van der Waals surface area contributed by atoms with Crippen molar-refractivity contribution in [3.63, 3.8) is 0 Å². The molecular formula is C27H42F2O2. The van der Waals surface area contributed by atoms with Crippen LogP contribution in [-0.4, -0.2) is 28.3 Å². The first-order valence-electron chi connectivity index (χ1n) is 12.3. The molecule has 3 aliphatic carbocycles. The van der Waals surface area contributed by atoms with Gasteiger partial charge in [0.05, 0.1) is 6.10 Å². The average Bonchev–Trinajstić information content (AvgIpc) is 3.06. The first kappa shape index (κ1) is 24.6. The van der Waals surface area contributed by atoms with Crippen molar-refractivity contribution in [1.29, 1.82) is 0 Å². The highest BCUT2D eigenvalue weighted by Crippen LogP contribution is 2.60. The van der Waals surface area contributed by atoms with E-state index in [1.165, 1.54) is 18.4 Å². The van der Waals surface area contributed by atoms with Crippen molar-refractivity contribution in [3.05, 3.63) is 35.5 Å². The molecular weight excluding hydrogens is 394 g/mol. The molecule has 31 heavy (non-hydrogen) atoms. The van der Waals surface area contributed by atoms with Crippen LogP contribution < -0.4 is 0 Å². The molecule has 176 valence electrons. The molecule has 0 heterocycles. The molecule has 0 bridgehead atoms. The van der Waals surface area contributed by atoms with E-state index in [1.807, 2.05) is 6.08 Å². The number of aliphatic hydroxyl groups excluding tert-OH is 2. The SMILES string of the molecule is C=C1CC[C@H](O)C(F)(F)/C1=C/C=C1CCC[C@@]2(C)C1CC[C@@H]2[C@H](C)CCC(O)C(C)C. The maximum absolute atomic E-state index is 14.6. The Morgan fingerprint density at radius 3 is 2.48 bits per heavy atom. The monoisotopic (exact) mass is 436 g/mol. The average molecular weight is 437 g/mol. The molecule has 2 nitrogen and oxygen atoms in total. The van der Waals surface area contributed by atoms with Gasteiger partial charge in [-0.2, -0.15) is 8.78 Å². The second-order valence-electron chi connectivity index (χ2n) is 11.1. The van der Waals surface area contributed by atoms with E-state index in [0.717, 1.165) is 32.1 Å². The van der Waals surface area contributed by atoms with Crippen LogP contribution in [0, 0.1) is 29.1 Å². The highest BCUT2D eigenvalue weighted by molar-refractivity contribution is 5.41. The number of hydrogen-bond donors (Lipinski definition) is 2. The highest BCUT2D eigenvalue weighted by atomic mass is 19.3. The maximum Gasteiger partial charge on any atom is 0.298 e. The second kappa shape index (κ2) is 9.47. The molecule has 3 fully saturated rings. The van der Waals surface area contributed by atoms with Gasteiger partial charge in [0, 0.05) is 5.57 Å². The summed E-state index contributed by atoms with van der Waals surface area (Å²) in [6, 6.07) is 0. The minimum atomic E-state index is -3.21. The van der Waals surface area contributed by atoms with Crippen LogP contribution in [0.15, 0.2) is 35.5 Å². The van der Waals surface area contributed by atoms with E-state index in [-0.39, 0.29) is 23.5 Å². The number of alkyl halides is 2. The summed E-state index contributed by atoms with van der Waals surface area (Å²) < 4.78 is 29.1. The summed E-state index contributed by atoms with van der Waals surface area (Å²) in [5.74, 6) is -1.31. The molecule has 0 aromatic heterocycles. The zero-order valence-corrected chi connectivity index (χ0v) is 19.8. The molecule has 0 spiro atoms. The fraction of sp³-hybridized carbons (Fsp3) is 0.778. The van der Waals surface area contributed by atoms with Crippen molar-refractivity contribution >= 4 is 0 Å². The zero-order valence-electron chi connectivity index (χ0n) is 19.8. The number of allylic oxidation sites excluding steroid dienone is 4. The van der Waals surface area contributed by atoms with E-state index >= 15 is 0 Å². The molecule has 0 aliphatic heterocycles. The lowest BCUT2D eigenvalue weighted by molar-refractivity contribution is -0.0868. The summed E-state index contributed by atoms with van der Waals surface area (Å²) in [7, 11) is 0. The van der Waals surface area contributed by atoms with Crippen molar-refractivity contribution in [2.75, 3.05) is 0 Å². The Kier molecular flexibility index (Phi) is 7.53. The summed E-state index contributed by atoms with van der Waals surface area (Å²) in [6.07, 6.45) is 9.59. The Hall–Kier alpha value is -1.00. The van der Waals surface area contributed by atoms with Gasteiger partial charge in [-0.15, -0.1) is 0 Å². The maximum atomic E-state index is 14.6. The summed E-state index contributed by atoms with van der Waals surface area (Å²) in [5, 5.41) is 20.0. The number of rotatable bonds is 6. The predicted molar refractivity (Wildman–Crippen MR) is 123 cm³/mol. The number of fused-ring (bicyclic) bond motifs is 1. The zero-order chi connectivity index (χ0) is 23.0. The molecule has 0 amide bonds. The van der Waals surface area contributed by atoms with Gasteiger partial charge in [-0.05, 0) is 92.4 Å². The van der Waals surface area contributed by atoms with Crippen molar-refractivity contribution in [3.8, 4) is 0 Å². The van der Waals surface area contributed by atoms with E-state index < -0.39 is 12.0 Å². The van der Waals surface area contributed by atoms with Gasteiger partial charge in [0.1, 0.15) is 6.10 Å². The van der Waals surface area contributed by atoms with Gasteiger partial charge >= 0.3 is 0 Å². The van der Waals surface area contributed by atoms with Crippen LogP contribution in [0.2, 0.25) is 0 Å². The smallest absolute Gasteiger partial charge is 0.298 e. The lowest BCUT2D eigenvalue weighted by atomic mass is 9.60. The topological polar surface area (TPSA) is 40.5 Å². The largest absolute Gasteiger partial charge is 0.393 e. The van der Waals surface area contributed by atoms with Crippen molar-refractivity contribution in [1.82, 2.24) is 0 Å². The van der Waals surface area contributed by atoms with Crippen molar-refractivity contribution in [2.24, 2.45) is 29.1 Å². The fourth-order valence-electron chi connectivity index (χ4n) is 6.64. The third-order valence-electron chi connectivity index (χ3n) is 8.75. The molecule has 6 atom stereocenters. The minimum Gasteiger partial charge on any atom is -0.393 e. The van der Waals surface area contributed by atoms with Gasteiger partial charge in [0.2, 0.25) is 0 Å². The van der Waals surface area contributed by atoms with Crippen LogP contribution in [0.1, 0.15) is 85.5 Å². The number of halogens is 2. The number of aliphatic hydroxyl groups is 2. The molecule has 0 aromatic carbocycles. The van der Waals surface area contributed by atoms with Gasteiger partial charge < -0.3 is 10.2 Å². The molecule has 3 rings (SSSR count). The minimum absolute atomic E-state index is 0.0749. The van der Waals surface area contributed by atoms with Crippen LogP contribution in [0.5, 0.6) is 0 Å². The third-order valence-corrected chi connectivity index (χ3v) is 8.75. The van der Waals surface area contributed by atoms with E-state index in [1.54, 1.807) is 6.08 Å². The van der Waals surface area contributed by atoms with Crippen LogP contribution in [0.3, 0.4) is 0 Å².